The van der Waals surface area contributed by atoms with Crippen LogP contribution >= 0.6 is 0 Å². The van der Waals surface area contributed by atoms with Crippen LogP contribution in [0.4, 0.5) is 5.69 Å². The SMILES string of the molecule is CCC(O)c1ccc2c(c1)N(S(=O)(=O)c1ccc(C#N)cc1)CCC2. The van der Waals surface area contributed by atoms with Gasteiger partial charge in [0.15, 0.2) is 0 Å². The number of nitriles is 1. The van der Waals surface area contributed by atoms with Gasteiger partial charge in [0.2, 0.25) is 0 Å². The largest absolute Gasteiger partial charge is 0.388 e. The van der Waals surface area contributed by atoms with Gasteiger partial charge in [0, 0.05) is 6.54 Å². The highest BCUT2D eigenvalue weighted by atomic mass is 32.2. The molecule has 0 fully saturated rings. The minimum absolute atomic E-state index is 0.167. The number of aliphatic hydroxyl groups excluding tert-OH is 1. The van der Waals surface area contributed by atoms with Crippen LogP contribution in [0.5, 0.6) is 0 Å². The number of nitrogens with zero attached hydrogens (tertiary/aromatic N) is 2. The van der Waals surface area contributed by atoms with E-state index in [0.29, 0.717) is 24.2 Å². The monoisotopic (exact) mass is 356 g/mol. The van der Waals surface area contributed by atoms with Gasteiger partial charge < -0.3 is 5.11 Å². The topological polar surface area (TPSA) is 81.4 Å². The average Bonchev–Trinajstić information content (AvgIpc) is 2.66. The molecule has 130 valence electrons. The molecule has 1 heterocycles. The molecule has 1 aliphatic rings. The first-order valence-corrected chi connectivity index (χ1v) is 9.75. The lowest BCUT2D eigenvalue weighted by Gasteiger charge is -2.31. The third kappa shape index (κ3) is 3.26. The number of anilines is 1. The van der Waals surface area contributed by atoms with Crippen molar-refractivity contribution in [3.8, 4) is 6.07 Å². The maximum absolute atomic E-state index is 13.1. The van der Waals surface area contributed by atoms with E-state index in [4.69, 9.17) is 5.26 Å². The Morgan fingerprint density at radius 1 is 1.24 bits per heavy atom. The Kier molecular flexibility index (Phi) is 4.80. The molecule has 3 rings (SSSR count). The minimum Gasteiger partial charge on any atom is -0.388 e. The number of rotatable bonds is 4. The van der Waals surface area contributed by atoms with Crippen molar-refractivity contribution in [3.63, 3.8) is 0 Å². The van der Waals surface area contributed by atoms with Crippen molar-refractivity contribution >= 4 is 15.7 Å². The number of sulfonamides is 1. The van der Waals surface area contributed by atoms with Crippen molar-refractivity contribution in [1.82, 2.24) is 0 Å². The number of benzene rings is 2. The molecule has 0 aliphatic carbocycles. The van der Waals surface area contributed by atoms with Gasteiger partial charge in [-0.25, -0.2) is 8.42 Å². The summed E-state index contributed by atoms with van der Waals surface area (Å²) in [5.74, 6) is 0. The van der Waals surface area contributed by atoms with Crippen LogP contribution in [0.1, 0.15) is 42.6 Å². The van der Waals surface area contributed by atoms with Gasteiger partial charge in [-0.05, 0) is 60.7 Å². The smallest absolute Gasteiger partial charge is 0.264 e. The van der Waals surface area contributed by atoms with E-state index in [0.717, 1.165) is 24.0 Å². The van der Waals surface area contributed by atoms with Crippen LogP contribution in [0.25, 0.3) is 0 Å². The fraction of sp³-hybridized carbons (Fsp3) is 0.316. The van der Waals surface area contributed by atoms with Gasteiger partial charge in [0.25, 0.3) is 10.0 Å². The molecule has 1 aliphatic heterocycles. The van der Waals surface area contributed by atoms with Gasteiger partial charge in [-0.3, -0.25) is 4.31 Å². The quantitative estimate of drug-likeness (QED) is 0.912. The number of hydrogen-bond acceptors (Lipinski definition) is 4. The van der Waals surface area contributed by atoms with Crippen LogP contribution in [0.2, 0.25) is 0 Å². The molecule has 0 saturated carbocycles. The molecule has 2 aromatic carbocycles. The third-order valence-corrected chi connectivity index (χ3v) is 6.36. The Bertz CT molecular complexity index is 915. The zero-order chi connectivity index (χ0) is 18.0. The first-order chi connectivity index (χ1) is 12.0. The lowest BCUT2D eigenvalue weighted by molar-refractivity contribution is 0.173. The highest BCUT2D eigenvalue weighted by molar-refractivity contribution is 7.92. The molecule has 0 amide bonds. The molecular formula is C19H20N2O3S. The molecule has 5 nitrogen and oxygen atoms in total. The number of hydrogen-bond donors (Lipinski definition) is 1. The van der Waals surface area contributed by atoms with E-state index in [1.807, 2.05) is 25.1 Å². The molecule has 0 bridgehead atoms. The third-order valence-electron chi connectivity index (χ3n) is 4.53. The second kappa shape index (κ2) is 6.87. The van der Waals surface area contributed by atoms with E-state index in [-0.39, 0.29) is 4.90 Å². The summed E-state index contributed by atoms with van der Waals surface area (Å²) in [5.41, 5.74) is 2.76. The molecular weight excluding hydrogens is 336 g/mol. The maximum Gasteiger partial charge on any atom is 0.264 e. The summed E-state index contributed by atoms with van der Waals surface area (Å²) in [6.45, 7) is 2.29. The molecule has 6 heteroatoms. The summed E-state index contributed by atoms with van der Waals surface area (Å²) >= 11 is 0. The second-order valence-corrected chi connectivity index (χ2v) is 7.99. The summed E-state index contributed by atoms with van der Waals surface area (Å²) in [4.78, 5) is 0.167. The number of fused-ring (bicyclic) bond motifs is 1. The van der Waals surface area contributed by atoms with Gasteiger partial charge in [0.05, 0.1) is 28.3 Å². The molecule has 2 aromatic rings. The molecule has 0 aromatic heterocycles. The van der Waals surface area contributed by atoms with Crippen molar-refractivity contribution in [3.05, 3.63) is 59.2 Å². The normalized spacial score (nSPS) is 15.3. The summed E-state index contributed by atoms with van der Waals surface area (Å²) in [6, 6.07) is 13.5. The first kappa shape index (κ1) is 17.5. The first-order valence-electron chi connectivity index (χ1n) is 8.31. The fourth-order valence-corrected chi connectivity index (χ4v) is 4.61. The highest BCUT2D eigenvalue weighted by Gasteiger charge is 2.29. The van der Waals surface area contributed by atoms with E-state index in [1.165, 1.54) is 28.6 Å². The van der Waals surface area contributed by atoms with Crippen LogP contribution in [0.3, 0.4) is 0 Å². The Hall–Kier alpha value is -2.36. The van der Waals surface area contributed by atoms with Crippen molar-refractivity contribution in [2.24, 2.45) is 0 Å². The highest BCUT2D eigenvalue weighted by Crippen LogP contribution is 2.34. The number of aliphatic hydroxyl groups is 1. The van der Waals surface area contributed by atoms with Gasteiger partial charge in [-0.15, -0.1) is 0 Å². The van der Waals surface area contributed by atoms with Crippen molar-refractivity contribution in [1.29, 1.82) is 5.26 Å². The zero-order valence-corrected chi connectivity index (χ0v) is 14.8. The van der Waals surface area contributed by atoms with Gasteiger partial charge >= 0.3 is 0 Å². The van der Waals surface area contributed by atoms with Gasteiger partial charge in [0.1, 0.15) is 0 Å². The molecule has 1 N–H and O–H groups in total. The molecule has 1 atom stereocenters. The van der Waals surface area contributed by atoms with E-state index in [2.05, 4.69) is 0 Å². The van der Waals surface area contributed by atoms with Gasteiger partial charge in [-0.2, -0.15) is 5.26 Å². The van der Waals surface area contributed by atoms with E-state index in [1.54, 1.807) is 6.07 Å². The van der Waals surface area contributed by atoms with E-state index >= 15 is 0 Å². The lowest BCUT2D eigenvalue weighted by atomic mass is 9.98. The van der Waals surface area contributed by atoms with Crippen LogP contribution in [0.15, 0.2) is 47.4 Å². The van der Waals surface area contributed by atoms with Crippen molar-refractivity contribution in [2.75, 3.05) is 10.8 Å². The fourth-order valence-electron chi connectivity index (χ4n) is 3.08. The molecule has 0 saturated heterocycles. The van der Waals surface area contributed by atoms with E-state index < -0.39 is 16.1 Å². The van der Waals surface area contributed by atoms with Crippen LogP contribution in [-0.2, 0) is 16.4 Å². The Morgan fingerprint density at radius 3 is 2.60 bits per heavy atom. The van der Waals surface area contributed by atoms with Crippen molar-refractivity contribution in [2.45, 2.75) is 37.2 Å². The average molecular weight is 356 g/mol. The molecule has 0 radical (unpaired) electrons. The van der Waals surface area contributed by atoms with E-state index in [9.17, 15) is 13.5 Å². The Balaban J connectivity index is 2.05. The maximum atomic E-state index is 13.1. The standard InChI is InChI=1S/C19H20N2O3S/c1-2-19(22)16-8-7-15-4-3-11-21(18(15)12-16)25(23,24)17-9-5-14(13-20)6-10-17/h5-10,12,19,22H,2-4,11H2,1H3. The van der Waals surface area contributed by atoms with Crippen LogP contribution in [0, 0.1) is 11.3 Å². The Morgan fingerprint density at radius 2 is 1.96 bits per heavy atom. The predicted octanol–water partition coefficient (Wildman–Crippen LogP) is 3.14. The zero-order valence-electron chi connectivity index (χ0n) is 14.0. The summed E-state index contributed by atoms with van der Waals surface area (Å²) in [6.07, 6.45) is 1.53. The molecule has 1 unspecified atom stereocenters. The molecule has 0 spiro atoms. The summed E-state index contributed by atoms with van der Waals surface area (Å²) in [7, 11) is -3.71. The van der Waals surface area contributed by atoms with Crippen LogP contribution in [-0.4, -0.2) is 20.1 Å². The molecule has 25 heavy (non-hydrogen) atoms. The Labute approximate surface area is 148 Å². The predicted molar refractivity (Wildman–Crippen MR) is 95.7 cm³/mol. The van der Waals surface area contributed by atoms with Crippen LogP contribution < -0.4 is 4.31 Å². The summed E-state index contributed by atoms with van der Waals surface area (Å²) in [5, 5.41) is 19.0. The number of aryl methyl sites for hydroxylation is 1. The lowest BCUT2D eigenvalue weighted by Crippen LogP contribution is -2.35. The second-order valence-electron chi connectivity index (χ2n) is 6.13. The minimum atomic E-state index is -3.71. The van der Waals surface area contributed by atoms with Crippen molar-refractivity contribution < 1.29 is 13.5 Å². The van der Waals surface area contributed by atoms with Gasteiger partial charge in [-0.1, -0.05) is 19.1 Å². The summed E-state index contributed by atoms with van der Waals surface area (Å²) < 4.78 is 27.6.